The van der Waals surface area contributed by atoms with Crippen molar-refractivity contribution in [3.05, 3.63) is 18.2 Å². The molecule has 0 saturated carbocycles. The largest absolute Gasteiger partial charge is 0.492 e. The molecule has 96 valence electrons. The fourth-order valence-corrected chi connectivity index (χ4v) is 2.47. The van der Waals surface area contributed by atoms with Crippen LogP contribution < -0.4 is 15.2 Å². The topological polar surface area (TPSA) is 81.4 Å². The van der Waals surface area contributed by atoms with Gasteiger partial charge in [-0.15, -0.1) is 0 Å². The molecule has 1 aromatic rings. The molecule has 0 bridgehead atoms. The lowest BCUT2D eigenvalue weighted by Gasteiger charge is -2.09. The maximum atomic E-state index is 11.8. The fourth-order valence-electron chi connectivity index (χ4n) is 1.30. The molecular formula is C11H18N2O3S. The van der Waals surface area contributed by atoms with Gasteiger partial charge in [0, 0.05) is 6.54 Å². The molecule has 0 unspecified atom stereocenters. The molecule has 0 atom stereocenters. The van der Waals surface area contributed by atoms with Crippen molar-refractivity contribution in [3.8, 4) is 5.75 Å². The van der Waals surface area contributed by atoms with Crippen molar-refractivity contribution in [2.45, 2.75) is 25.2 Å². The first kappa shape index (κ1) is 13.8. The van der Waals surface area contributed by atoms with E-state index in [4.69, 9.17) is 10.5 Å². The highest BCUT2D eigenvalue weighted by atomic mass is 32.2. The number of benzene rings is 1. The van der Waals surface area contributed by atoms with Crippen molar-refractivity contribution < 1.29 is 13.2 Å². The van der Waals surface area contributed by atoms with Crippen LogP contribution in [0, 0.1) is 0 Å². The highest BCUT2D eigenvalue weighted by molar-refractivity contribution is 7.89. The average Bonchev–Trinajstić information content (AvgIpc) is 2.29. The second kappa shape index (κ2) is 5.88. The summed E-state index contributed by atoms with van der Waals surface area (Å²) in [6.07, 6.45) is 0.742. The molecule has 0 aliphatic carbocycles. The van der Waals surface area contributed by atoms with Gasteiger partial charge in [-0.2, -0.15) is 0 Å². The summed E-state index contributed by atoms with van der Waals surface area (Å²) in [5, 5.41) is 0. The Morgan fingerprint density at radius 1 is 1.35 bits per heavy atom. The average molecular weight is 258 g/mol. The first-order chi connectivity index (χ1) is 8.01. The van der Waals surface area contributed by atoms with Crippen LogP contribution in [0.25, 0.3) is 0 Å². The lowest BCUT2D eigenvalue weighted by Crippen LogP contribution is -2.24. The Bertz CT molecular complexity index is 472. The summed E-state index contributed by atoms with van der Waals surface area (Å²) < 4.78 is 31.3. The standard InChI is InChI=1S/C11H18N2O3S/c1-3-7-13-17(14,15)9-5-6-11(16-4-2)10(12)8-9/h5-6,8,13H,3-4,7,12H2,1-2H3. The number of anilines is 1. The molecule has 0 aliphatic heterocycles. The van der Waals surface area contributed by atoms with Crippen molar-refractivity contribution in [2.75, 3.05) is 18.9 Å². The summed E-state index contributed by atoms with van der Waals surface area (Å²) in [4.78, 5) is 0.159. The minimum Gasteiger partial charge on any atom is -0.492 e. The Morgan fingerprint density at radius 2 is 2.06 bits per heavy atom. The van der Waals surface area contributed by atoms with Crippen LogP contribution in [-0.4, -0.2) is 21.6 Å². The number of nitrogens with one attached hydrogen (secondary N) is 1. The number of nitrogens with two attached hydrogens (primary N) is 1. The molecule has 5 nitrogen and oxygen atoms in total. The predicted octanol–water partition coefficient (Wildman–Crippen LogP) is 1.36. The fraction of sp³-hybridized carbons (Fsp3) is 0.455. The molecule has 1 rings (SSSR count). The number of hydrogen-bond donors (Lipinski definition) is 2. The van der Waals surface area contributed by atoms with Crippen LogP contribution in [0.4, 0.5) is 5.69 Å². The Hall–Kier alpha value is -1.27. The van der Waals surface area contributed by atoms with Gasteiger partial charge in [-0.25, -0.2) is 13.1 Å². The summed E-state index contributed by atoms with van der Waals surface area (Å²) in [6, 6.07) is 4.46. The summed E-state index contributed by atoms with van der Waals surface area (Å²) in [7, 11) is -3.46. The van der Waals surface area contributed by atoms with Crippen LogP contribution in [0.1, 0.15) is 20.3 Å². The third-order valence-corrected chi connectivity index (χ3v) is 3.59. The van der Waals surface area contributed by atoms with E-state index in [1.807, 2.05) is 13.8 Å². The summed E-state index contributed by atoms with van der Waals surface area (Å²) in [5.74, 6) is 0.502. The minimum atomic E-state index is -3.46. The smallest absolute Gasteiger partial charge is 0.240 e. The van der Waals surface area contributed by atoms with Crippen LogP contribution in [0.3, 0.4) is 0 Å². The van der Waals surface area contributed by atoms with E-state index in [1.54, 1.807) is 6.07 Å². The molecule has 0 saturated heterocycles. The SMILES string of the molecule is CCCNS(=O)(=O)c1ccc(OCC)c(N)c1. The quantitative estimate of drug-likeness (QED) is 0.755. The van der Waals surface area contributed by atoms with Gasteiger partial charge >= 0.3 is 0 Å². The number of nitrogen functional groups attached to an aromatic ring is 1. The molecule has 0 aromatic heterocycles. The van der Waals surface area contributed by atoms with Gasteiger partial charge < -0.3 is 10.5 Å². The van der Waals surface area contributed by atoms with Crippen molar-refractivity contribution >= 4 is 15.7 Å². The van der Waals surface area contributed by atoms with Gasteiger partial charge in [-0.1, -0.05) is 6.92 Å². The maximum Gasteiger partial charge on any atom is 0.240 e. The van der Waals surface area contributed by atoms with Crippen molar-refractivity contribution in [1.29, 1.82) is 0 Å². The molecule has 6 heteroatoms. The van der Waals surface area contributed by atoms with E-state index in [0.717, 1.165) is 6.42 Å². The number of ether oxygens (including phenoxy) is 1. The highest BCUT2D eigenvalue weighted by Crippen LogP contribution is 2.24. The maximum absolute atomic E-state index is 11.8. The normalized spacial score (nSPS) is 11.4. The van der Waals surface area contributed by atoms with Gasteiger partial charge in [0.2, 0.25) is 10.0 Å². The summed E-state index contributed by atoms with van der Waals surface area (Å²) >= 11 is 0. The van der Waals surface area contributed by atoms with E-state index in [1.165, 1.54) is 12.1 Å². The predicted molar refractivity (Wildman–Crippen MR) is 67.5 cm³/mol. The lowest BCUT2D eigenvalue weighted by atomic mass is 10.3. The molecule has 1 aromatic carbocycles. The molecule has 0 aliphatic rings. The lowest BCUT2D eigenvalue weighted by molar-refractivity contribution is 0.342. The monoisotopic (exact) mass is 258 g/mol. The van der Waals surface area contributed by atoms with Crippen LogP contribution in [0.15, 0.2) is 23.1 Å². The van der Waals surface area contributed by atoms with Crippen LogP contribution in [0.2, 0.25) is 0 Å². The first-order valence-corrected chi connectivity index (χ1v) is 7.01. The zero-order valence-electron chi connectivity index (χ0n) is 10.1. The third-order valence-electron chi connectivity index (χ3n) is 2.13. The van der Waals surface area contributed by atoms with Crippen molar-refractivity contribution in [3.63, 3.8) is 0 Å². The van der Waals surface area contributed by atoms with Gasteiger partial charge in [0.05, 0.1) is 17.2 Å². The molecule has 0 heterocycles. The van der Waals surface area contributed by atoms with E-state index in [2.05, 4.69) is 4.72 Å². The van der Waals surface area contributed by atoms with E-state index >= 15 is 0 Å². The van der Waals surface area contributed by atoms with Crippen molar-refractivity contribution in [1.82, 2.24) is 4.72 Å². The summed E-state index contributed by atoms with van der Waals surface area (Å²) in [5.41, 5.74) is 6.04. The Balaban J connectivity index is 2.96. The second-order valence-corrected chi connectivity index (χ2v) is 5.30. The highest BCUT2D eigenvalue weighted by Gasteiger charge is 2.14. The van der Waals surface area contributed by atoms with Crippen LogP contribution >= 0.6 is 0 Å². The van der Waals surface area contributed by atoms with Crippen LogP contribution in [0.5, 0.6) is 5.75 Å². The Morgan fingerprint density at radius 3 is 2.59 bits per heavy atom. The molecular weight excluding hydrogens is 240 g/mol. The molecule has 3 N–H and O–H groups in total. The minimum absolute atomic E-state index is 0.159. The molecule has 0 fully saturated rings. The molecule has 17 heavy (non-hydrogen) atoms. The van der Waals surface area contributed by atoms with Crippen LogP contribution in [-0.2, 0) is 10.0 Å². The number of hydrogen-bond acceptors (Lipinski definition) is 4. The zero-order chi connectivity index (χ0) is 12.9. The van der Waals surface area contributed by atoms with Gasteiger partial charge in [-0.3, -0.25) is 0 Å². The molecule has 0 radical (unpaired) electrons. The van der Waals surface area contributed by atoms with E-state index < -0.39 is 10.0 Å². The van der Waals surface area contributed by atoms with Crippen molar-refractivity contribution in [2.24, 2.45) is 0 Å². The van der Waals surface area contributed by atoms with E-state index in [0.29, 0.717) is 24.6 Å². The molecule has 0 amide bonds. The van der Waals surface area contributed by atoms with Gasteiger partial charge in [0.1, 0.15) is 5.75 Å². The van der Waals surface area contributed by atoms with Gasteiger partial charge in [0.25, 0.3) is 0 Å². The number of sulfonamides is 1. The molecule has 0 spiro atoms. The van der Waals surface area contributed by atoms with E-state index in [-0.39, 0.29) is 4.90 Å². The van der Waals surface area contributed by atoms with Gasteiger partial charge in [0.15, 0.2) is 0 Å². The Labute approximate surface area is 102 Å². The summed E-state index contributed by atoms with van der Waals surface area (Å²) in [6.45, 7) is 4.64. The zero-order valence-corrected chi connectivity index (χ0v) is 10.9. The number of rotatable bonds is 6. The first-order valence-electron chi connectivity index (χ1n) is 5.53. The van der Waals surface area contributed by atoms with Gasteiger partial charge in [-0.05, 0) is 31.5 Å². The Kier molecular flexibility index (Phi) is 4.77. The van der Waals surface area contributed by atoms with E-state index in [9.17, 15) is 8.42 Å². The second-order valence-electron chi connectivity index (χ2n) is 3.53. The third kappa shape index (κ3) is 3.61.